The second-order valence-corrected chi connectivity index (χ2v) is 5.92. The third-order valence-electron chi connectivity index (χ3n) is 3.61. The number of fused-ring (bicyclic) bond motifs is 1. The Bertz CT molecular complexity index is 879. The first-order valence-electron chi connectivity index (χ1n) is 7.20. The van der Waals surface area contributed by atoms with E-state index in [4.69, 9.17) is 4.74 Å². The van der Waals surface area contributed by atoms with Gasteiger partial charge in [0.2, 0.25) is 0 Å². The van der Waals surface area contributed by atoms with Crippen LogP contribution in [0.3, 0.4) is 0 Å². The van der Waals surface area contributed by atoms with Crippen LogP contribution in [0.5, 0.6) is 0 Å². The van der Waals surface area contributed by atoms with Crippen molar-refractivity contribution in [3.8, 4) is 0 Å². The van der Waals surface area contributed by atoms with Crippen LogP contribution in [-0.4, -0.2) is 23.6 Å². The largest absolute Gasteiger partial charge is 0.465 e. The monoisotopic (exact) mass is 328 g/mol. The van der Waals surface area contributed by atoms with Gasteiger partial charge in [-0.25, -0.2) is 4.79 Å². The number of amides is 1. The highest BCUT2D eigenvalue weighted by Gasteiger charge is 2.16. The van der Waals surface area contributed by atoms with Gasteiger partial charge in [-0.2, -0.15) is 0 Å². The molecule has 5 nitrogen and oxygen atoms in total. The second kappa shape index (κ2) is 6.26. The lowest BCUT2D eigenvalue weighted by Gasteiger charge is -2.09. The van der Waals surface area contributed by atoms with E-state index < -0.39 is 5.97 Å². The van der Waals surface area contributed by atoms with Gasteiger partial charge in [0.25, 0.3) is 5.91 Å². The van der Waals surface area contributed by atoms with E-state index in [1.807, 2.05) is 29.0 Å². The Balaban J connectivity index is 1.89. The highest BCUT2D eigenvalue weighted by molar-refractivity contribution is 7.17. The smallest absolute Gasteiger partial charge is 0.337 e. The Kier molecular flexibility index (Phi) is 4.16. The number of nitrogens with zero attached hydrogens (tertiary/aromatic N) is 1. The maximum atomic E-state index is 12.6. The van der Waals surface area contributed by atoms with Crippen LogP contribution in [0.25, 0.3) is 10.2 Å². The summed E-state index contributed by atoms with van der Waals surface area (Å²) in [4.78, 5) is 24.1. The maximum absolute atomic E-state index is 12.6. The fraction of sp³-hybridized carbons (Fsp3) is 0.176. The van der Waals surface area contributed by atoms with E-state index in [1.54, 1.807) is 35.6 Å². The predicted molar refractivity (Wildman–Crippen MR) is 91.2 cm³/mol. The number of ether oxygens (including phenoxy) is 1. The molecule has 1 N–H and O–H groups in total. The first-order valence-corrected chi connectivity index (χ1v) is 8.08. The van der Waals surface area contributed by atoms with Crippen LogP contribution in [0, 0.1) is 0 Å². The normalized spacial score (nSPS) is 10.7. The van der Waals surface area contributed by atoms with E-state index in [0.717, 1.165) is 10.2 Å². The average Bonchev–Trinajstić information content (AvgIpc) is 3.14. The summed E-state index contributed by atoms with van der Waals surface area (Å²) in [5.41, 5.74) is 2.63. The van der Waals surface area contributed by atoms with Crippen molar-refractivity contribution in [2.45, 2.75) is 13.5 Å². The van der Waals surface area contributed by atoms with E-state index in [2.05, 4.69) is 5.32 Å². The highest BCUT2D eigenvalue weighted by atomic mass is 32.1. The number of aromatic nitrogens is 1. The SMILES string of the molecule is CCn1c(C(=O)Nc2cccc(C(=O)OC)c2)cc2sccc21. The van der Waals surface area contributed by atoms with E-state index in [9.17, 15) is 9.59 Å². The molecule has 3 rings (SSSR count). The number of nitrogens with one attached hydrogen (secondary N) is 1. The van der Waals surface area contributed by atoms with E-state index >= 15 is 0 Å². The van der Waals surface area contributed by atoms with Crippen molar-refractivity contribution in [1.29, 1.82) is 0 Å². The number of hydrogen-bond acceptors (Lipinski definition) is 4. The molecule has 3 aromatic rings. The molecule has 118 valence electrons. The van der Waals surface area contributed by atoms with Crippen molar-refractivity contribution in [2.24, 2.45) is 0 Å². The molecule has 2 heterocycles. The zero-order valence-electron chi connectivity index (χ0n) is 12.8. The Morgan fingerprint density at radius 2 is 2.09 bits per heavy atom. The van der Waals surface area contributed by atoms with Crippen LogP contribution in [0.15, 0.2) is 41.8 Å². The summed E-state index contributed by atoms with van der Waals surface area (Å²) in [5.74, 6) is -0.629. The second-order valence-electron chi connectivity index (χ2n) is 4.97. The summed E-state index contributed by atoms with van der Waals surface area (Å²) in [5, 5.41) is 4.85. The molecule has 0 unspecified atom stereocenters. The molecular weight excluding hydrogens is 312 g/mol. The van der Waals surface area contributed by atoms with Crippen LogP contribution in [-0.2, 0) is 11.3 Å². The standard InChI is InChI=1S/C17H16N2O3S/c1-3-19-13-7-8-23-15(13)10-14(19)16(20)18-12-6-4-5-11(9-12)17(21)22-2/h4-10H,3H2,1-2H3,(H,18,20). The lowest BCUT2D eigenvalue weighted by atomic mass is 10.2. The fourth-order valence-corrected chi connectivity index (χ4v) is 3.37. The number of hydrogen-bond donors (Lipinski definition) is 1. The molecule has 0 bridgehead atoms. The molecule has 1 aromatic carbocycles. The number of rotatable bonds is 4. The molecule has 6 heteroatoms. The summed E-state index contributed by atoms with van der Waals surface area (Å²) in [7, 11) is 1.33. The first-order chi connectivity index (χ1) is 11.1. The number of anilines is 1. The van der Waals surface area contributed by atoms with Crippen molar-refractivity contribution in [3.63, 3.8) is 0 Å². The van der Waals surface area contributed by atoms with Crippen LogP contribution in [0.2, 0.25) is 0 Å². The molecule has 0 atom stereocenters. The van der Waals surface area contributed by atoms with Gasteiger partial charge in [0, 0.05) is 12.2 Å². The summed E-state index contributed by atoms with van der Waals surface area (Å²) in [6.07, 6.45) is 0. The van der Waals surface area contributed by atoms with Crippen molar-refractivity contribution >= 4 is 39.1 Å². The molecule has 0 aliphatic rings. The number of benzene rings is 1. The van der Waals surface area contributed by atoms with Crippen molar-refractivity contribution in [3.05, 3.63) is 53.0 Å². The number of aryl methyl sites for hydroxylation is 1. The fourth-order valence-electron chi connectivity index (χ4n) is 2.54. The molecule has 0 aliphatic carbocycles. The van der Waals surface area contributed by atoms with Crippen molar-refractivity contribution < 1.29 is 14.3 Å². The number of esters is 1. The van der Waals surface area contributed by atoms with Crippen LogP contribution in [0.1, 0.15) is 27.8 Å². The summed E-state index contributed by atoms with van der Waals surface area (Å²) in [6, 6.07) is 10.6. The molecular formula is C17H16N2O3S. The Morgan fingerprint density at radius 1 is 1.26 bits per heavy atom. The quantitative estimate of drug-likeness (QED) is 0.742. The minimum atomic E-state index is -0.432. The lowest BCUT2D eigenvalue weighted by molar-refractivity contribution is 0.0600. The lowest BCUT2D eigenvalue weighted by Crippen LogP contribution is -2.17. The Hall–Kier alpha value is -2.60. The maximum Gasteiger partial charge on any atom is 0.337 e. The minimum Gasteiger partial charge on any atom is -0.465 e. The molecule has 0 saturated carbocycles. The average molecular weight is 328 g/mol. The molecule has 2 aromatic heterocycles. The van der Waals surface area contributed by atoms with Crippen LogP contribution >= 0.6 is 11.3 Å². The summed E-state index contributed by atoms with van der Waals surface area (Å²) in [6.45, 7) is 2.72. The van der Waals surface area contributed by atoms with E-state index in [-0.39, 0.29) is 5.91 Å². The van der Waals surface area contributed by atoms with Gasteiger partial charge >= 0.3 is 5.97 Å². The zero-order valence-corrected chi connectivity index (χ0v) is 13.6. The number of carbonyl (C=O) groups is 2. The number of methoxy groups -OCH3 is 1. The Labute approximate surface area is 137 Å². The van der Waals surface area contributed by atoms with E-state index in [1.165, 1.54) is 7.11 Å². The topological polar surface area (TPSA) is 60.3 Å². The third-order valence-corrected chi connectivity index (χ3v) is 4.47. The van der Waals surface area contributed by atoms with Gasteiger partial charge in [0.1, 0.15) is 5.69 Å². The van der Waals surface area contributed by atoms with Crippen LogP contribution in [0.4, 0.5) is 5.69 Å². The van der Waals surface area contributed by atoms with E-state index in [0.29, 0.717) is 23.5 Å². The van der Waals surface area contributed by atoms with Gasteiger partial charge in [-0.05, 0) is 42.6 Å². The molecule has 0 spiro atoms. The van der Waals surface area contributed by atoms with Gasteiger partial charge in [-0.1, -0.05) is 6.07 Å². The zero-order chi connectivity index (χ0) is 16.4. The van der Waals surface area contributed by atoms with Gasteiger partial charge in [0.05, 0.1) is 22.9 Å². The number of carbonyl (C=O) groups excluding carboxylic acids is 2. The van der Waals surface area contributed by atoms with Crippen molar-refractivity contribution in [2.75, 3.05) is 12.4 Å². The van der Waals surface area contributed by atoms with Crippen molar-refractivity contribution in [1.82, 2.24) is 4.57 Å². The van der Waals surface area contributed by atoms with Gasteiger partial charge in [-0.3, -0.25) is 4.79 Å². The van der Waals surface area contributed by atoms with Gasteiger partial charge in [0.15, 0.2) is 0 Å². The number of thiophene rings is 1. The van der Waals surface area contributed by atoms with Crippen LogP contribution < -0.4 is 5.32 Å². The third kappa shape index (κ3) is 2.85. The Morgan fingerprint density at radius 3 is 2.83 bits per heavy atom. The highest BCUT2D eigenvalue weighted by Crippen LogP contribution is 2.26. The van der Waals surface area contributed by atoms with Gasteiger partial charge in [-0.15, -0.1) is 11.3 Å². The molecule has 0 fully saturated rings. The molecule has 0 saturated heterocycles. The first kappa shape index (κ1) is 15.3. The molecule has 1 amide bonds. The molecule has 23 heavy (non-hydrogen) atoms. The van der Waals surface area contributed by atoms with Gasteiger partial charge < -0.3 is 14.6 Å². The predicted octanol–water partition coefficient (Wildman–Crippen LogP) is 3.76. The molecule has 0 aliphatic heterocycles. The summed E-state index contributed by atoms with van der Waals surface area (Å²) < 4.78 is 7.75. The summed E-state index contributed by atoms with van der Waals surface area (Å²) >= 11 is 1.61. The molecule has 0 radical (unpaired) electrons. The minimum absolute atomic E-state index is 0.197.